The molecule has 2 aromatic carbocycles. The molecule has 5 N–H and O–H groups in total. The van der Waals surface area contributed by atoms with Crippen molar-refractivity contribution in [3.05, 3.63) is 71.6 Å². The van der Waals surface area contributed by atoms with E-state index in [2.05, 4.69) is 29.4 Å². The molecule has 3 aromatic rings. The van der Waals surface area contributed by atoms with E-state index in [1.54, 1.807) is 0 Å². The number of allylic oxidation sites excluding steroid dienone is 1. The van der Waals surface area contributed by atoms with Gasteiger partial charge in [-0.05, 0) is 56.6 Å². The van der Waals surface area contributed by atoms with Crippen LogP contribution in [0.3, 0.4) is 0 Å². The first-order valence-electron chi connectivity index (χ1n) is 14.2. The smallest absolute Gasteiger partial charge is 0.223 e. The maximum atomic E-state index is 12.3. The Bertz CT molecular complexity index is 1400. The molecule has 1 amide bonds. The lowest BCUT2D eigenvalue weighted by Crippen LogP contribution is -2.43. The summed E-state index contributed by atoms with van der Waals surface area (Å²) in [5.41, 5.74) is 10.8. The lowest BCUT2D eigenvalue weighted by molar-refractivity contribution is -0.123. The third-order valence-electron chi connectivity index (χ3n) is 7.45. The normalized spacial score (nSPS) is 13.8. The molecule has 0 aliphatic carbocycles. The molecule has 0 bridgehead atoms. The van der Waals surface area contributed by atoms with E-state index in [1.165, 1.54) is 12.4 Å². The molecule has 41 heavy (non-hydrogen) atoms. The highest BCUT2D eigenvalue weighted by Crippen LogP contribution is 2.31. The highest BCUT2D eigenvalue weighted by molar-refractivity contribution is 6.08. The van der Waals surface area contributed by atoms with Crippen LogP contribution in [0, 0.1) is 5.41 Å². The van der Waals surface area contributed by atoms with Gasteiger partial charge >= 0.3 is 0 Å². The molecule has 1 aromatic heterocycles. The molecule has 0 atom stereocenters. The van der Waals surface area contributed by atoms with Crippen LogP contribution in [0.1, 0.15) is 57.4 Å². The van der Waals surface area contributed by atoms with E-state index < -0.39 is 0 Å². The zero-order valence-corrected chi connectivity index (χ0v) is 24.5. The van der Waals surface area contributed by atoms with Crippen molar-refractivity contribution in [2.75, 3.05) is 25.0 Å². The monoisotopic (exact) mass is 555 g/mol. The van der Waals surface area contributed by atoms with Gasteiger partial charge in [0.15, 0.2) is 5.82 Å². The molecule has 2 heterocycles. The summed E-state index contributed by atoms with van der Waals surface area (Å²) in [6.07, 6.45) is 4.66. The molecule has 0 fully saturated rings. The van der Waals surface area contributed by atoms with E-state index >= 15 is 0 Å². The Morgan fingerprint density at radius 1 is 1.17 bits per heavy atom. The second-order valence-corrected chi connectivity index (χ2v) is 10.8. The van der Waals surface area contributed by atoms with E-state index in [9.17, 15) is 4.79 Å². The van der Waals surface area contributed by atoms with Gasteiger partial charge in [-0.3, -0.25) is 9.69 Å². The van der Waals surface area contributed by atoms with Crippen LogP contribution in [0.5, 0.6) is 5.75 Å². The van der Waals surface area contributed by atoms with Gasteiger partial charge in [-0.25, -0.2) is 9.97 Å². The van der Waals surface area contributed by atoms with Crippen LogP contribution in [0.4, 0.5) is 11.5 Å². The third kappa shape index (κ3) is 7.70. The number of likely N-dealkylation sites (N-methyl/N-ethyl adjacent to an activating group) is 1. The predicted molar refractivity (Wildman–Crippen MR) is 165 cm³/mol. The van der Waals surface area contributed by atoms with Gasteiger partial charge in [-0.15, -0.1) is 0 Å². The number of amides is 1. The molecule has 0 saturated carbocycles. The van der Waals surface area contributed by atoms with Crippen molar-refractivity contribution >= 4 is 29.2 Å². The molecule has 1 aliphatic heterocycles. The molecule has 9 heteroatoms. The number of anilines is 2. The fourth-order valence-electron chi connectivity index (χ4n) is 4.60. The van der Waals surface area contributed by atoms with E-state index in [4.69, 9.17) is 25.8 Å². The van der Waals surface area contributed by atoms with Gasteiger partial charge in [0, 0.05) is 59.9 Å². The highest BCUT2D eigenvalue weighted by atomic mass is 16.5. The van der Waals surface area contributed by atoms with Gasteiger partial charge in [0.1, 0.15) is 11.6 Å². The van der Waals surface area contributed by atoms with Gasteiger partial charge in [0.25, 0.3) is 0 Å². The summed E-state index contributed by atoms with van der Waals surface area (Å²) in [6, 6.07) is 15.5. The van der Waals surface area contributed by atoms with Crippen LogP contribution in [0.25, 0.3) is 17.0 Å². The van der Waals surface area contributed by atoms with Crippen molar-refractivity contribution < 1.29 is 9.53 Å². The summed E-state index contributed by atoms with van der Waals surface area (Å²) in [5.74, 6) is 2.05. The largest absolute Gasteiger partial charge is 0.493 e. The topological polar surface area (TPSA) is 129 Å². The minimum absolute atomic E-state index is 0.0241. The van der Waals surface area contributed by atoms with Crippen LogP contribution in [-0.4, -0.2) is 52.2 Å². The van der Waals surface area contributed by atoms with E-state index in [-0.39, 0.29) is 24.5 Å². The van der Waals surface area contributed by atoms with Crippen LogP contribution in [-0.2, 0) is 17.8 Å². The first-order valence-corrected chi connectivity index (χ1v) is 14.2. The summed E-state index contributed by atoms with van der Waals surface area (Å²) >= 11 is 0. The number of fused-ring (bicyclic) bond motifs is 1. The van der Waals surface area contributed by atoms with E-state index in [0.717, 1.165) is 66.4 Å². The second-order valence-electron chi connectivity index (χ2n) is 10.8. The fraction of sp³-hybridized carbons (Fsp3) is 0.375. The Morgan fingerprint density at radius 2 is 1.95 bits per heavy atom. The summed E-state index contributed by atoms with van der Waals surface area (Å²) in [7, 11) is 0. The van der Waals surface area contributed by atoms with Crippen LogP contribution >= 0.6 is 0 Å². The number of hydrogen-bond acceptors (Lipinski definition) is 8. The summed E-state index contributed by atoms with van der Waals surface area (Å²) in [5, 5.41) is 14.1. The van der Waals surface area contributed by atoms with Crippen molar-refractivity contribution in [1.29, 1.82) is 5.41 Å². The van der Waals surface area contributed by atoms with Crippen molar-refractivity contribution in [3.8, 4) is 17.1 Å². The average Bonchev–Trinajstić information content (AvgIpc) is 2.98. The predicted octanol–water partition coefficient (Wildman–Crippen LogP) is 5.29. The van der Waals surface area contributed by atoms with E-state index in [0.29, 0.717) is 17.1 Å². The summed E-state index contributed by atoms with van der Waals surface area (Å²) < 4.78 is 5.93. The molecule has 216 valence electrons. The van der Waals surface area contributed by atoms with Gasteiger partial charge in [-0.2, -0.15) is 0 Å². The number of nitrogens with zero attached hydrogens (tertiary/aromatic N) is 3. The van der Waals surface area contributed by atoms with E-state index in [1.807, 2.05) is 62.4 Å². The zero-order valence-electron chi connectivity index (χ0n) is 24.5. The molecule has 4 rings (SSSR count). The molecule has 0 spiro atoms. The van der Waals surface area contributed by atoms with Gasteiger partial charge in [-0.1, -0.05) is 38.1 Å². The first-order chi connectivity index (χ1) is 19.7. The number of rotatable bonds is 12. The van der Waals surface area contributed by atoms with Crippen molar-refractivity contribution in [2.24, 2.45) is 5.73 Å². The number of aromatic nitrogens is 2. The second kappa shape index (κ2) is 13.4. The zero-order chi connectivity index (χ0) is 29.4. The SMILES string of the molecule is CCN1CCc2nc(-c3cccc(OCCC(=O)NC(C)(C)CC)c3)nc(Nc3ccc(/C(C=N)=C/N)cc3)c2C1. The molecular formula is C32H41N7O2. The fourth-order valence-corrected chi connectivity index (χ4v) is 4.60. The Balaban J connectivity index is 1.56. The molecule has 0 unspecified atom stereocenters. The number of nitrogens with two attached hydrogens (primary N) is 1. The standard InChI is InChI=1S/C32H41N7O2/c1-5-32(3,4)38-29(40)15-17-41-26-9-7-8-23(18-26)30-36-28-14-16-39(6-2)21-27(28)31(37-30)35-25-12-10-22(11-13-25)24(19-33)20-34/h7-13,18-20,33H,5-6,14-17,21,34H2,1-4H3,(H,38,40)(H,35,36,37)/b24-20+,33-19?. The molecule has 1 aliphatic rings. The summed E-state index contributed by atoms with van der Waals surface area (Å²) in [4.78, 5) is 24.6. The third-order valence-corrected chi connectivity index (χ3v) is 7.45. The lowest BCUT2D eigenvalue weighted by Gasteiger charge is -2.28. The maximum Gasteiger partial charge on any atom is 0.223 e. The number of benzene rings is 2. The number of ether oxygens (including phenoxy) is 1. The maximum absolute atomic E-state index is 12.3. The Hall–Kier alpha value is -4.24. The number of carbonyl (C=O) groups excluding carboxylic acids is 1. The molecule has 0 radical (unpaired) electrons. The van der Waals surface area contributed by atoms with Crippen molar-refractivity contribution in [2.45, 2.75) is 59.0 Å². The van der Waals surface area contributed by atoms with Crippen LogP contribution in [0.15, 0.2) is 54.7 Å². The van der Waals surface area contributed by atoms with Crippen molar-refractivity contribution in [3.63, 3.8) is 0 Å². The number of nitrogens with one attached hydrogen (secondary N) is 3. The Labute approximate surface area is 242 Å². The molecule has 0 saturated heterocycles. The Morgan fingerprint density at radius 3 is 2.63 bits per heavy atom. The molecule has 9 nitrogen and oxygen atoms in total. The van der Waals surface area contributed by atoms with Gasteiger partial charge in [0.2, 0.25) is 5.91 Å². The van der Waals surface area contributed by atoms with Crippen LogP contribution in [0.2, 0.25) is 0 Å². The average molecular weight is 556 g/mol. The lowest BCUT2D eigenvalue weighted by atomic mass is 10.0. The van der Waals surface area contributed by atoms with Crippen molar-refractivity contribution in [1.82, 2.24) is 20.2 Å². The van der Waals surface area contributed by atoms with Crippen LogP contribution < -0.4 is 21.1 Å². The molecular weight excluding hydrogens is 514 g/mol. The Kier molecular flexibility index (Phi) is 9.73. The minimum Gasteiger partial charge on any atom is -0.493 e. The van der Waals surface area contributed by atoms with Gasteiger partial charge < -0.3 is 26.5 Å². The minimum atomic E-state index is -0.228. The number of hydrogen-bond donors (Lipinski definition) is 4. The summed E-state index contributed by atoms with van der Waals surface area (Å²) in [6.45, 7) is 11.2. The number of carbonyl (C=O) groups is 1. The highest BCUT2D eigenvalue weighted by Gasteiger charge is 2.23. The first kappa shape index (κ1) is 29.7. The quantitative estimate of drug-likeness (QED) is 0.224. The van der Waals surface area contributed by atoms with Gasteiger partial charge in [0.05, 0.1) is 18.7 Å².